The summed E-state index contributed by atoms with van der Waals surface area (Å²) in [6.45, 7) is 5.99. The quantitative estimate of drug-likeness (QED) is 0.388. The molecule has 4 rings (SSSR count). The number of carbonyl (C=O) groups excluding carboxylic acids is 1. The van der Waals surface area contributed by atoms with Gasteiger partial charge in [0.2, 0.25) is 5.78 Å². The maximum atomic E-state index is 13.6. The fourth-order valence-electron chi connectivity index (χ4n) is 3.97. The van der Waals surface area contributed by atoms with Crippen molar-refractivity contribution in [1.82, 2.24) is 9.55 Å². The first-order chi connectivity index (χ1) is 16.9. The number of hydrogen-bond donors (Lipinski definition) is 0. The van der Waals surface area contributed by atoms with E-state index >= 15 is 0 Å². The van der Waals surface area contributed by atoms with Crippen LogP contribution in [0.4, 0.5) is 0 Å². The van der Waals surface area contributed by atoms with Gasteiger partial charge in [0.05, 0.1) is 15.9 Å². The minimum absolute atomic E-state index is 0.0593. The molecule has 0 aliphatic heterocycles. The molecule has 35 heavy (non-hydrogen) atoms. The molecule has 0 saturated carbocycles. The standard InChI is InChI=1S/C29H25N3O2S/c1-4-7-21-10-12-22(13-11-21)27(33)24(18-30)29-32(25-14-9-19(2)16-20(25)3)28(34)26(35-29)17-23-8-5-6-15-31-23/h5-6,8-17H,4,7H2,1-3H3/b26-17-,29-24-. The van der Waals surface area contributed by atoms with Crippen molar-refractivity contribution in [2.24, 2.45) is 0 Å². The summed E-state index contributed by atoms with van der Waals surface area (Å²) in [6.07, 6.45) is 5.28. The van der Waals surface area contributed by atoms with Crippen molar-refractivity contribution >= 4 is 28.8 Å². The third-order valence-corrected chi connectivity index (χ3v) is 6.78. The molecule has 0 radical (unpaired) electrons. The van der Waals surface area contributed by atoms with Crippen molar-refractivity contribution < 1.29 is 4.79 Å². The van der Waals surface area contributed by atoms with E-state index in [1.54, 1.807) is 36.5 Å². The molecule has 2 aromatic carbocycles. The SMILES string of the molecule is CCCc1ccc(C(=O)/C(C#N)=c2\s/c(=C\c3ccccn3)c(=O)n2-c2ccc(C)cc2C)cc1. The molecule has 2 aromatic heterocycles. The van der Waals surface area contributed by atoms with Crippen LogP contribution in [0.3, 0.4) is 0 Å². The Hall–Kier alpha value is -4.08. The fourth-order valence-corrected chi connectivity index (χ4v) is 5.05. The van der Waals surface area contributed by atoms with Crippen LogP contribution in [0.5, 0.6) is 0 Å². The zero-order chi connectivity index (χ0) is 24.9. The first-order valence-electron chi connectivity index (χ1n) is 11.4. The van der Waals surface area contributed by atoms with Gasteiger partial charge in [-0.1, -0.05) is 61.4 Å². The first-order valence-corrected chi connectivity index (χ1v) is 12.2. The number of Topliss-reactive ketones (excluding diaryl/α,β-unsaturated/α-hetero) is 1. The normalized spacial score (nSPS) is 12.3. The summed E-state index contributed by atoms with van der Waals surface area (Å²) in [5.41, 5.74) is 4.42. The number of pyridine rings is 1. The van der Waals surface area contributed by atoms with Gasteiger partial charge in [0.25, 0.3) is 5.56 Å². The van der Waals surface area contributed by atoms with Crippen molar-refractivity contribution in [1.29, 1.82) is 5.26 Å². The van der Waals surface area contributed by atoms with Crippen LogP contribution in [0.1, 0.15) is 46.1 Å². The zero-order valence-electron chi connectivity index (χ0n) is 19.9. The summed E-state index contributed by atoms with van der Waals surface area (Å²) in [7, 11) is 0. The highest BCUT2D eigenvalue weighted by atomic mass is 32.1. The maximum Gasteiger partial charge on any atom is 0.273 e. The van der Waals surface area contributed by atoms with E-state index in [-0.39, 0.29) is 11.1 Å². The van der Waals surface area contributed by atoms with Gasteiger partial charge in [0, 0.05) is 11.8 Å². The number of rotatable bonds is 6. The van der Waals surface area contributed by atoms with Crippen LogP contribution >= 0.6 is 11.3 Å². The Morgan fingerprint density at radius 3 is 2.51 bits per heavy atom. The van der Waals surface area contributed by atoms with Gasteiger partial charge in [-0.15, -0.1) is 11.3 Å². The molecule has 0 amide bonds. The number of nitriles is 1. The third kappa shape index (κ3) is 5.06. The van der Waals surface area contributed by atoms with Crippen molar-refractivity contribution in [3.63, 3.8) is 0 Å². The van der Waals surface area contributed by atoms with E-state index in [4.69, 9.17) is 0 Å². The van der Waals surface area contributed by atoms with Crippen molar-refractivity contribution in [2.45, 2.75) is 33.6 Å². The molecule has 6 heteroatoms. The monoisotopic (exact) mass is 479 g/mol. The number of aromatic nitrogens is 2. The molecule has 4 aromatic rings. The number of nitrogens with zero attached hydrogens (tertiary/aromatic N) is 3. The fraction of sp³-hybridized carbons (Fsp3) is 0.172. The van der Waals surface area contributed by atoms with Crippen LogP contribution < -0.4 is 14.8 Å². The molecular weight excluding hydrogens is 454 g/mol. The van der Waals surface area contributed by atoms with Crippen molar-refractivity contribution in [3.05, 3.63) is 114 Å². The van der Waals surface area contributed by atoms with Gasteiger partial charge >= 0.3 is 0 Å². The van der Waals surface area contributed by atoms with Gasteiger partial charge in [0.15, 0.2) is 0 Å². The van der Waals surface area contributed by atoms with Gasteiger partial charge in [-0.3, -0.25) is 19.1 Å². The van der Waals surface area contributed by atoms with Crippen molar-refractivity contribution in [2.75, 3.05) is 0 Å². The second-order valence-corrected chi connectivity index (χ2v) is 9.39. The lowest BCUT2D eigenvalue weighted by molar-refractivity contribution is 0.105. The van der Waals surface area contributed by atoms with Crippen LogP contribution in [0.25, 0.3) is 17.3 Å². The van der Waals surface area contributed by atoms with E-state index in [1.165, 1.54) is 4.57 Å². The Bertz CT molecular complexity index is 1610. The van der Waals surface area contributed by atoms with E-state index in [9.17, 15) is 14.9 Å². The predicted octanol–water partition coefficient (Wildman–Crippen LogP) is 4.25. The third-order valence-electron chi connectivity index (χ3n) is 5.69. The number of ketones is 1. The van der Waals surface area contributed by atoms with Gasteiger partial charge in [0.1, 0.15) is 16.3 Å². The topological polar surface area (TPSA) is 75.8 Å². The summed E-state index contributed by atoms with van der Waals surface area (Å²) >= 11 is 1.13. The maximum absolute atomic E-state index is 13.6. The van der Waals surface area contributed by atoms with Crippen molar-refractivity contribution in [3.8, 4) is 11.8 Å². The first kappa shape index (κ1) is 24.1. The molecule has 0 bridgehead atoms. The highest BCUT2D eigenvalue weighted by Gasteiger charge is 2.19. The number of aryl methyl sites for hydroxylation is 3. The Kier molecular flexibility index (Phi) is 7.19. The summed E-state index contributed by atoms with van der Waals surface area (Å²) in [5, 5.41) is 10.1. The molecule has 0 spiro atoms. The highest BCUT2D eigenvalue weighted by molar-refractivity contribution is 7.07. The van der Waals surface area contributed by atoms with Crippen LogP contribution in [-0.2, 0) is 6.42 Å². The predicted molar refractivity (Wildman–Crippen MR) is 140 cm³/mol. The summed E-state index contributed by atoms with van der Waals surface area (Å²) in [6, 6.07) is 20.6. The molecule has 0 unspecified atom stereocenters. The van der Waals surface area contributed by atoms with E-state index in [2.05, 4.69) is 18.0 Å². The van der Waals surface area contributed by atoms with E-state index in [0.717, 1.165) is 40.9 Å². The second kappa shape index (κ2) is 10.5. The molecule has 0 fully saturated rings. The summed E-state index contributed by atoms with van der Waals surface area (Å²) < 4.78 is 2.20. The zero-order valence-corrected chi connectivity index (χ0v) is 20.7. The Morgan fingerprint density at radius 2 is 1.89 bits per heavy atom. The minimum Gasteiger partial charge on any atom is -0.288 e. The molecule has 5 nitrogen and oxygen atoms in total. The largest absolute Gasteiger partial charge is 0.288 e. The van der Waals surface area contributed by atoms with Gasteiger partial charge in [-0.2, -0.15) is 5.26 Å². The molecule has 0 aliphatic carbocycles. The molecule has 174 valence electrons. The van der Waals surface area contributed by atoms with Crippen LogP contribution in [0, 0.1) is 25.2 Å². The molecule has 0 N–H and O–H groups in total. The lowest BCUT2D eigenvalue weighted by atomic mass is 10.0. The average molecular weight is 480 g/mol. The van der Waals surface area contributed by atoms with Crippen LogP contribution in [0.15, 0.2) is 71.7 Å². The number of carbonyl (C=O) groups is 1. The molecule has 2 heterocycles. The number of hydrogen-bond acceptors (Lipinski definition) is 5. The second-order valence-electron chi connectivity index (χ2n) is 8.36. The van der Waals surface area contributed by atoms with E-state index in [0.29, 0.717) is 26.1 Å². The number of benzene rings is 2. The summed E-state index contributed by atoms with van der Waals surface area (Å²) in [4.78, 5) is 31.4. The van der Waals surface area contributed by atoms with E-state index in [1.807, 2.05) is 50.2 Å². The lowest BCUT2D eigenvalue weighted by Crippen LogP contribution is -2.32. The molecular formula is C29H25N3O2S. The minimum atomic E-state index is -0.403. The molecule has 0 aliphatic rings. The summed E-state index contributed by atoms with van der Waals surface area (Å²) in [5.74, 6) is -0.403. The van der Waals surface area contributed by atoms with Gasteiger partial charge in [-0.25, -0.2) is 0 Å². The average Bonchev–Trinajstić information content (AvgIpc) is 3.16. The Morgan fingerprint density at radius 1 is 1.11 bits per heavy atom. The van der Waals surface area contributed by atoms with Crippen LogP contribution in [-0.4, -0.2) is 15.3 Å². The highest BCUT2D eigenvalue weighted by Crippen LogP contribution is 2.15. The smallest absolute Gasteiger partial charge is 0.273 e. The van der Waals surface area contributed by atoms with Gasteiger partial charge in [-0.05, 0) is 55.7 Å². The Balaban J connectivity index is 2.01. The van der Waals surface area contributed by atoms with Crippen LogP contribution in [0.2, 0.25) is 0 Å². The number of thiazole rings is 1. The molecule has 0 saturated heterocycles. The van der Waals surface area contributed by atoms with Gasteiger partial charge < -0.3 is 0 Å². The lowest BCUT2D eigenvalue weighted by Gasteiger charge is -2.08. The Labute approximate surface area is 208 Å². The molecule has 0 atom stereocenters. The van der Waals surface area contributed by atoms with E-state index < -0.39 is 5.78 Å².